The van der Waals surface area contributed by atoms with Gasteiger partial charge < -0.3 is 30.4 Å². The minimum absolute atomic E-state index is 0.151. The van der Waals surface area contributed by atoms with Crippen LogP contribution in [0.15, 0.2) is 42.4 Å². The first-order chi connectivity index (χ1) is 13.3. The van der Waals surface area contributed by atoms with E-state index in [1.165, 1.54) is 13.8 Å². The van der Waals surface area contributed by atoms with Crippen LogP contribution in [0.2, 0.25) is 0 Å². The lowest BCUT2D eigenvalue weighted by Crippen LogP contribution is -2.49. The molecule has 1 aromatic rings. The molecule has 4 N–H and O–H groups in total. The number of aliphatic hydroxyl groups is 2. The maximum atomic E-state index is 12.4. The molecule has 1 rings (SSSR count). The Bertz CT molecular complexity index is 677. The van der Waals surface area contributed by atoms with Crippen LogP contribution in [0.25, 0.3) is 0 Å². The summed E-state index contributed by atoms with van der Waals surface area (Å²) in [6.45, 7) is 4.60. The second-order valence-electron chi connectivity index (χ2n) is 6.60. The molecule has 0 aromatic heterocycles. The largest absolute Gasteiger partial charge is 0.512 e. The SMILES string of the molecule is CC(=O)N[C@@H](C=O)[C@H](C/C(O)=C/O)O[C@H](C)C(=O)N[C@H](C)Cc1ccccc1. The first-order valence-electron chi connectivity index (χ1n) is 9.01. The van der Waals surface area contributed by atoms with Gasteiger partial charge >= 0.3 is 0 Å². The van der Waals surface area contributed by atoms with Gasteiger partial charge in [0.25, 0.3) is 0 Å². The van der Waals surface area contributed by atoms with Crippen LogP contribution in [0.4, 0.5) is 0 Å². The maximum absolute atomic E-state index is 12.4. The number of hydrogen-bond donors (Lipinski definition) is 4. The molecule has 2 amide bonds. The molecule has 0 aliphatic rings. The fraction of sp³-hybridized carbons (Fsp3) is 0.450. The van der Waals surface area contributed by atoms with Crippen molar-refractivity contribution in [3.8, 4) is 0 Å². The smallest absolute Gasteiger partial charge is 0.249 e. The van der Waals surface area contributed by atoms with Gasteiger partial charge in [0.2, 0.25) is 11.8 Å². The molecule has 0 saturated heterocycles. The van der Waals surface area contributed by atoms with Crippen LogP contribution in [0.5, 0.6) is 0 Å². The molecule has 8 heteroatoms. The van der Waals surface area contributed by atoms with Gasteiger partial charge in [0.1, 0.15) is 30.5 Å². The summed E-state index contributed by atoms with van der Waals surface area (Å²) in [7, 11) is 0. The Morgan fingerprint density at radius 3 is 2.36 bits per heavy atom. The molecule has 0 bridgehead atoms. The van der Waals surface area contributed by atoms with E-state index < -0.39 is 35.8 Å². The summed E-state index contributed by atoms with van der Waals surface area (Å²) in [5.74, 6) is -1.30. The summed E-state index contributed by atoms with van der Waals surface area (Å²) in [6, 6.07) is 8.44. The molecule has 0 heterocycles. The molecule has 0 unspecified atom stereocenters. The quantitative estimate of drug-likeness (QED) is 0.335. The Labute approximate surface area is 164 Å². The topological polar surface area (TPSA) is 125 Å². The van der Waals surface area contributed by atoms with E-state index in [1.807, 2.05) is 37.3 Å². The van der Waals surface area contributed by atoms with Crippen molar-refractivity contribution in [2.75, 3.05) is 0 Å². The van der Waals surface area contributed by atoms with Gasteiger partial charge in [0.05, 0.1) is 6.10 Å². The molecule has 0 aliphatic carbocycles. The molecule has 4 atom stereocenters. The van der Waals surface area contributed by atoms with E-state index in [2.05, 4.69) is 10.6 Å². The van der Waals surface area contributed by atoms with Crippen LogP contribution >= 0.6 is 0 Å². The summed E-state index contributed by atoms with van der Waals surface area (Å²) < 4.78 is 5.62. The van der Waals surface area contributed by atoms with Crippen molar-refractivity contribution in [3.05, 3.63) is 47.9 Å². The summed E-state index contributed by atoms with van der Waals surface area (Å²) in [5.41, 5.74) is 1.08. The lowest BCUT2D eigenvalue weighted by atomic mass is 10.1. The fourth-order valence-corrected chi connectivity index (χ4v) is 2.67. The fourth-order valence-electron chi connectivity index (χ4n) is 2.67. The predicted octanol–water partition coefficient (Wildman–Crippen LogP) is 1.56. The Morgan fingerprint density at radius 1 is 1.18 bits per heavy atom. The molecule has 0 fully saturated rings. The number of amides is 2. The molecule has 154 valence electrons. The van der Waals surface area contributed by atoms with Crippen LogP contribution in [0.3, 0.4) is 0 Å². The summed E-state index contributed by atoms with van der Waals surface area (Å²) in [4.78, 5) is 35.0. The molecule has 0 radical (unpaired) electrons. The Balaban J connectivity index is 2.73. The first kappa shape index (κ1) is 23.2. The maximum Gasteiger partial charge on any atom is 0.249 e. The molecule has 1 aromatic carbocycles. The molecular weight excluding hydrogens is 364 g/mol. The number of rotatable bonds is 11. The number of carbonyl (C=O) groups is 3. The zero-order valence-electron chi connectivity index (χ0n) is 16.3. The standard InChI is InChI=1S/C20H28N2O6/c1-13(9-16-7-5-4-6-8-16)21-20(27)14(2)28-19(10-17(26)11-23)18(12-24)22-15(3)25/h4-8,11-14,18-19,23,26H,9-10H2,1-3H3,(H,21,27)(H,22,25)/b17-11-/t13-,14-,18+,19+/m1/s1. The summed E-state index contributed by atoms with van der Waals surface area (Å²) in [5, 5.41) is 23.7. The van der Waals surface area contributed by atoms with Crippen molar-refractivity contribution in [1.29, 1.82) is 0 Å². The molecule has 0 spiro atoms. The Morgan fingerprint density at radius 2 is 1.82 bits per heavy atom. The normalized spacial score (nSPS) is 15.8. The van der Waals surface area contributed by atoms with Gasteiger partial charge in [-0.05, 0) is 25.8 Å². The van der Waals surface area contributed by atoms with Gasteiger partial charge in [-0.15, -0.1) is 0 Å². The second kappa shape index (κ2) is 11.8. The van der Waals surface area contributed by atoms with Crippen molar-refractivity contribution in [1.82, 2.24) is 10.6 Å². The first-order valence-corrected chi connectivity index (χ1v) is 9.01. The van der Waals surface area contributed by atoms with Crippen LogP contribution in [0.1, 0.15) is 32.8 Å². The summed E-state index contributed by atoms with van der Waals surface area (Å²) in [6.07, 6.45) is -0.671. The third kappa shape index (κ3) is 8.22. The number of ether oxygens (including phenoxy) is 1. The van der Waals surface area contributed by atoms with Crippen molar-refractivity contribution in [2.45, 2.75) is 57.9 Å². The third-order valence-corrected chi connectivity index (χ3v) is 4.00. The number of nitrogens with one attached hydrogen (secondary N) is 2. The van der Waals surface area contributed by atoms with E-state index in [9.17, 15) is 19.5 Å². The molecule has 8 nitrogen and oxygen atoms in total. The monoisotopic (exact) mass is 392 g/mol. The van der Waals surface area contributed by atoms with Gasteiger partial charge in [-0.2, -0.15) is 0 Å². The van der Waals surface area contributed by atoms with Crippen LogP contribution in [-0.2, 0) is 25.5 Å². The number of benzene rings is 1. The molecule has 0 aliphatic heterocycles. The van der Waals surface area contributed by atoms with Gasteiger partial charge in [-0.25, -0.2) is 0 Å². The van der Waals surface area contributed by atoms with E-state index >= 15 is 0 Å². The van der Waals surface area contributed by atoms with Crippen LogP contribution in [0, 0.1) is 0 Å². The highest BCUT2D eigenvalue weighted by molar-refractivity contribution is 5.81. The highest BCUT2D eigenvalue weighted by Crippen LogP contribution is 2.13. The Hall–Kier alpha value is -2.87. The number of aliphatic hydroxyl groups excluding tert-OH is 2. The average molecular weight is 392 g/mol. The number of aldehydes is 1. The summed E-state index contributed by atoms with van der Waals surface area (Å²) >= 11 is 0. The van der Waals surface area contributed by atoms with E-state index in [0.29, 0.717) is 19.0 Å². The van der Waals surface area contributed by atoms with Gasteiger partial charge in [-0.3, -0.25) is 9.59 Å². The number of hydrogen-bond acceptors (Lipinski definition) is 6. The van der Waals surface area contributed by atoms with Crippen molar-refractivity contribution < 1.29 is 29.3 Å². The predicted molar refractivity (Wildman–Crippen MR) is 104 cm³/mol. The lowest BCUT2D eigenvalue weighted by Gasteiger charge is -2.27. The number of carbonyl (C=O) groups excluding carboxylic acids is 3. The van der Waals surface area contributed by atoms with Crippen molar-refractivity contribution in [2.24, 2.45) is 0 Å². The second-order valence-corrected chi connectivity index (χ2v) is 6.60. The van der Waals surface area contributed by atoms with Crippen LogP contribution < -0.4 is 10.6 Å². The highest BCUT2D eigenvalue weighted by atomic mass is 16.5. The highest BCUT2D eigenvalue weighted by Gasteiger charge is 2.28. The molecule has 28 heavy (non-hydrogen) atoms. The average Bonchev–Trinajstić information content (AvgIpc) is 2.65. The van der Waals surface area contributed by atoms with Crippen LogP contribution in [-0.4, -0.2) is 52.6 Å². The Kier molecular flexibility index (Phi) is 9.73. The van der Waals surface area contributed by atoms with E-state index in [-0.39, 0.29) is 12.5 Å². The zero-order chi connectivity index (χ0) is 21.1. The minimum Gasteiger partial charge on any atom is -0.512 e. The van der Waals surface area contributed by atoms with Gasteiger partial charge in [0, 0.05) is 19.4 Å². The molecular formula is C20H28N2O6. The van der Waals surface area contributed by atoms with E-state index in [0.717, 1.165) is 5.56 Å². The lowest BCUT2D eigenvalue weighted by molar-refractivity contribution is -0.140. The van der Waals surface area contributed by atoms with Crippen molar-refractivity contribution in [3.63, 3.8) is 0 Å². The van der Waals surface area contributed by atoms with Gasteiger partial charge in [0.15, 0.2) is 0 Å². The van der Waals surface area contributed by atoms with Gasteiger partial charge in [-0.1, -0.05) is 30.3 Å². The molecule has 0 saturated carbocycles. The van der Waals surface area contributed by atoms with E-state index in [4.69, 9.17) is 9.84 Å². The minimum atomic E-state index is -1.09. The van der Waals surface area contributed by atoms with E-state index in [1.54, 1.807) is 0 Å². The zero-order valence-corrected chi connectivity index (χ0v) is 16.3. The third-order valence-electron chi connectivity index (χ3n) is 4.00. The van der Waals surface area contributed by atoms with Crippen molar-refractivity contribution >= 4 is 18.1 Å².